The van der Waals surface area contributed by atoms with E-state index in [1.807, 2.05) is 19.1 Å². The Morgan fingerprint density at radius 2 is 2.11 bits per heavy atom. The van der Waals surface area contributed by atoms with Gasteiger partial charge in [0, 0.05) is 24.6 Å². The summed E-state index contributed by atoms with van der Waals surface area (Å²) < 4.78 is 7.55. The lowest BCUT2D eigenvalue weighted by molar-refractivity contribution is 0.415. The van der Waals surface area contributed by atoms with Crippen molar-refractivity contribution in [2.24, 2.45) is 5.73 Å². The molecule has 0 aliphatic heterocycles. The largest absolute Gasteiger partial charge is 0.497 e. The number of aromatic nitrogens is 2. The standard InChI is InChI=1S/C15H23N3O/c1-5-8-18-14-7-6-12(19-4)9-13(14)17-15(18)10(2)11(3)16/h6-7,9-11H,5,8,16H2,1-4H3. The Hall–Kier alpha value is -1.55. The summed E-state index contributed by atoms with van der Waals surface area (Å²) in [5.74, 6) is 2.15. The first-order chi connectivity index (χ1) is 9.08. The summed E-state index contributed by atoms with van der Waals surface area (Å²) in [7, 11) is 1.68. The Bertz CT molecular complexity index is 560. The first-order valence-corrected chi connectivity index (χ1v) is 6.88. The molecule has 4 nitrogen and oxygen atoms in total. The maximum atomic E-state index is 6.03. The van der Waals surface area contributed by atoms with Crippen molar-refractivity contribution < 1.29 is 4.74 Å². The third-order valence-corrected chi connectivity index (χ3v) is 3.63. The molecule has 19 heavy (non-hydrogen) atoms. The summed E-state index contributed by atoms with van der Waals surface area (Å²) in [6.45, 7) is 7.31. The SMILES string of the molecule is CCCn1c(C(C)C(C)N)nc2cc(OC)ccc21. The van der Waals surface area contributed by atoms with Crippen LogP contribution in [0.15, 0.2) is 18.2 Å². The molecule has 0 saturated carbocycles. The molecule has 2 atom stereocenters. The Kier molecular flexibility index (Phi) is 4.10. The third kappa shape index (κ3) is 2.59. The van der Waals surface area contributed by atoms with E-state index in [2.05, 4.69) is 24.5 Å². The molecule has 2 rings (SSSR count). The molecule has 2 unspecified atom stereocenters. The van der Waals surface area contributed by atoms with Crippen LogP contribution in [0.25, 0.3) is 11.0 Å². The van der Waals surface area contributed by atoms with Gasteiger partial charge in [-0.15, -0.1) is 0 Å². The minimum Gasteiger partial charge on any atom is -0.497 e. The molecule has 0 saturated heterocycles. The number of hydrogen-bond acceptors (Lipinski definition) is 3. The van der Waals surface area contributed by atoms with E-state index >= 15 is 0 Å². The predicted molar refractivity (Wildman–Crippen MR) is 78.6 cm³/mol. The number of nitrogens with zero attached hydrogens (tertiary/aromatic N) is 2. The van der Waals surface area contributed by atoms with Crippen molar-refractivity contribution in [3.05, 3.63) is 24.0 Å². The lowest BCUT2D eigenvalue weighted by Gasteiger charge is -2.17. The number of hydrogen-bond donors (Lipinski definition) is 1. The fourth-order valence-electron chi connectivity index (χ4n) is 2.30. The van der Waals surface area contributed by atoms with Crippen LogP contribution in [0.4, 0.5) is 0 Å². The molecule has 1 aromatic carbocycles. The second-order valence-corrected chi connectivity index (χ2v) is 5.12. The minimum atomic E-state index is 0.0920. The van der Waals surface area contributed by atoms with Gasteiger partial charge in [-0.05, 0) is 25.5 Å². The molecular weight excluding hydrogens is 238 g/mol. The molecule has 0 radical (unpaired) electrons. The number of imidazole rings is 1. The second kappa shape index (κ2) is 5.61. The van der Waals surface area contributed by atoms with Crippen LogP contribution in [0.2, 0.25) is 0 Å². The van der Waals surface area contributed by atoms with E-state index in [4.69, 9.17) is 15.5 Å². The van der Waals surface area contributed by atoms with Crippen LogP contribution >= 0.6 is 0 Å². The third-order valence-electron chi connectivity index (χ3n) is 3.63. The van der Waals surface area contributed by atoms with E-state index in [0.29, 0.717) is 0 Å². The average Bonchev–Trinajstić information content (AvgIpc) is 2.76. The Morgan fingerprint density at radius 1 is 1.37 bits per heavy atom. The number of fused-ring (bicyclic) bond motifs is 1. The maximum Gasteiger partial charge on any atom is 0.121 e. The molecule has 1 heterocycles. The quantitative estimate of drug-likeness (QED) is 0.900. The van der Waals surface area contributed by atoms with Crippen LogP contribution < -0.4 is 10.5 Å². The van der Waals surface area contributed by atoms with Gasteiger partial charge in [0.15, 0.2) is 0 Å². The van der Waals surface area contributed by atoms with Gasteiger partial charge in [-0.1, -0.05) is 13.8 Å². The van der Waals surface area contributed by atoms with Gasteiger partial charge in [0.05, 0.1) is 18.1 Å². The molecule has 4 heteroatoms. The van der Waals surface area contributed by atoms with E-state index in [1.54, 1.807) is 7.11 Å². The van der Waals surface area contributed by atoms with Crippen molar-refractivity contribution in [1.29, 1.82) is 0 Å². The maximum absolute atomic E-state index is 6.03. The van der Waals surface area contributed by atoms with Gasteiger partial charge in [-0.3, -0.25) is 0 Å². The molecule has 104 valence electrons. The lowest BCUT2D eigenvalue weighted by atomic mass is 10.0. The van der Waals surface area contributed by atoms with Gasteiger partial charge >= 0.3 is 0 Å². The van der Waals surface area contributed by atoms with Gasteiger partial charge in [0.2, 0.25) is 0 Å². The topological polar surface area (TPSA) is 53.1 Å². The van der Waals surface area contributed by atoms with E-state index in [0.717, 1.165) is 35.6 Å². The summed E-state index contributed by atoms with van der Waals surface area (Å²) in [4.78, 5) is 4.76. The average molecular weight is 261 g/mol. The molecule has 0 aliphatic rings. The van der Waals surface area contributed by atoms with E-state index in [-0.39, 0.29) is 12.0 Å². The summed E-state index contributed by atoms with van der Waals surface area (Å²) in [5, 5.41) is 0. The number of ether oxygens (including phenoxy) is 1. The zero-order chi connectivity index (χ0) is 14.0. The van der Waals surface area contributed by atoms with E-state index in [1.165, 1.54) is 0 Å². The highest BCUT2D eigenvalue weighted by molar-refractivity contribution is 5.78. The Balaban J connectivity index is 2.58. The number of rotatable bonds is 5. The smallest absolute Gasteiger partial charge is 0.121 e. The molecule has 0 fully saturated rings. The summed E-state index contributed by atoms with van der Waals surface area (Å²) in [6.07, 6.45) is 1.08. The molecule has 2 aromatic rings. The van der Waals surface area contributed by atoms with Gasteiger partial charge in [-0.25, -0.2) is 4.98 Å². The van der Waals surface area contributed by atoms with Crippen molar-refractivity contribution >= 4 is 11.0 Å². The summed E-state index contributed by atoms with van der Waals surface area (Å²) in [5.41, 5.74) is 8.17. The van der Waals surface area contributed by atoms with Crippen molar-refractivity contribution in [3.8, 4) is 5.75 Å². The first kappa shape index (κ1) is 13.9. The number of benzene rings is 1. The number of aryl methyl sites for hydroxylation is 1. The highest BCUT2D eigenvalue weighted by atomic mass is 16.5. The van der Waals surface area contributed by atoms with Crippen LogP contribution in [-0.4, -0.2) is 22.7 Å². The van der Waals surface area contributed by atoms with Gasteiger partial charge in [0.1, 0.15) is 11.6 Å². The van der Waals surface area contributed by atoms with Crippen molar-refractivity contribution in [1.82, 2.24) is 9.55 Å². The summed E-state index contributed by atoms with van der Waals surface area (Å²) in [6, 6.07) is 6.14. The predicted octanol–water partition coefficient (Wildman–Crippen LogP) is 2.91. The van der Waals surface area contributed by atoms with Crippen LogP contribution in [0, 0.1) is 0 Å². The Morgan fingerprint density at radius 3 is 2.68 bits per heavy atom. The zero-order valence-corrected chi connectivity index (χ0v) is 12.2. The normalized spacial score (nSPS) is 14.6. The van der Waals surface area contributed by atoms with Crippen molar-refractivity contribution in [3.63, 3.8) is 0 Å². The summed E-state index contributed by atoms with van der Waals surface area (Å²) >= 11 is 0. The van der Waals surface area contributed by atoms with Crippen LogP contribution in [0.1, 0.15) is 38.9 Å². The molecule has 1 aromatic heterocycles. The van der Waals surface area contributed by atoms with Crippen LogP contribution in [0.3, 0.4) is 0 Å². The van der Waals surface area contributed by atoms with Crippen molar-refractivity contribution in [2.75, 3.05) is 7.11 Å². The Labute approximate surface area is 114 Å². The molecule has 0 amide bonds. The number of methoxy groups -OCH3 is 1. The highest BCUT2D eigenvalue weighted by Crippen LogP contribution is 2.26. The molecular formula is C15H23N3O. The van der Waals surface area contributed by atoms with Crippen LogP contribution in [-0.2, 0) is 6.54 Å². The van der Waals surface area contributed by atoms with E-state index < -0.39 is 0 Å². The number of nitrogens with two attached hydrogens (primary N) is 1. The fourth-order valence-corrected chi connectivity index (χ4v) is 2.30. The highest BCUT2D eigenvalue weighted by Gasteiger charge is 2.19. The van der Waals surface area contributed by atoms with Crippen molar-refractivity contribution in [2.45, 2.75) is 45.7 Å². The first-order valence-electron chi connectivity index (χ1n) is 6.88. The van der Waals surface area contributed by atoms with Gasteiger partial charge in [-0.2, -0.15) is 0 Å². The van der Waals surface area contributed by atoms with Crippen LogP contribution in [0.5, 0.6) is 5.75 Å². The monoisotopic (exact) mass is 261 g/mol. The van der Waals surface area contributed by atoms with Gasteiger partial charge in [0.25, 0.3) is 0 Å². The van der Waals surface area contributed by atoms with Gasteiger partial charge < -0.3 is 15.0 Å². The van der Waals surface area contributed by atoms with E-state index in [9.17, 15) is 0 Å². The fraction of sp³-hybridized carbons (Fsp3) is 0.533. The lowest BCUT2D eigenvalue weighted by Crippen LogP contribution is -2.25. The molecule has 2 N–H and O–H groups in total. The minimum absolute atomic E-state index is 0.0920. The zero-order valence-electron chi connectivity index (χ0n) is 12.2. The molecule has 0 spiro atoms. The molecule has 0 bridgehead atoms. The molecule has 0 aliphatic carbocycles. The second-order valence-electron chi connectivity index (χ2n) is 5.12.